The van der Waals surface area contributed by atoms with Gasteiger partial charge in [0.15, 0.2) is 0 Å². The number of para-hydroxylation sites is 2. The van der Waals surface area contributed by atoms with Crippen LogP contribution in [0.3, 0.4) is 0 Å². The number of imidazole rings is 1. The zero-order chi connectivity index (χ0) is 20.2. The number of halogens is 1. The van der Waals surface area contributed by atoms with Gasteiger partial charge in [0.25, 0.3) is 0 Å². The Hall–Kier alpha value is -2.92. The largest absolute Gasteiger partial charge is 0.346 e. The number of carbonyl (C=O) groups is 1. The summed E-state index contributed by atoms with van der Waals surface area (Å²) >= 11 is 3.49. The Morgan fingerprint density at radius 3 is 2.41 bits per heavy atom. The molecule has 1 amide bonds. The quantitative estimate of drug-likeness (QED) is 0.437. The number of rotatable bonds is 6. The maximum Gasteiger partial charge on any atom is 0.224 e. The van der Waals surface area contributed by atoms with Gasteiger partial charge < -0.3 is 9.88 Å². The molecule has 0 saturated carbocycles. The van der Waals surface area contributed by atoms with E-state index in [0.717, 1.165) is 26.9 Å². The van der Waals surface area contributed by atoms with Crippen LogP contribution in [0.1, 0.15) is 29.9 Å². The molecule has 0 aliphatic heterocycles. The highest BCUT2D eigenvalue weighted by atomic mass is 79.9. The SMILES string of the molecule is CC(NC(=O)Cc1ccccc1)c1nc2ccccc2n1Cc1ccc(Br)cc1. The van der Waals surface area contributed by atoms with E-state index in [1.807, 2.05) is 67.6 Å². The van der Waals surface area contributed by atoms with E-state index < -0.39 is 0 Å². The molecule has 1 aromatic heterocycles. The summed E-state index contributed by atoms with van der Waals surface area (Å²) in [6.07, 6.45) is 0.359. The van der Waals surface area contributed by atoms with Crippen LogP contribution >= 0.6 is 15.9 Å². The Labute approximate surface area is 178 Å². The molecule has 3 aromatic carbocycles. The van der Waals surface area contributed by atoms with Crippen molar-refractivity contribution in [3.05, 3.63) is 100 Å². The predicted octanol–water partition coefficient (Wildman–Crippen LogP) is 5.27. The fourth-order valence-corrected chi connectivity index (χ4v) is 3.77. The Bertz CT molecular complexity index is 1120. The summed E-state index contributed by atoms with van der Waals surface area (Å²) in [5, 5.41) is 3.11. The van der Waals surface area contributed by atoms with Gasteiger partial charge in [0.05, 0.1) is 23.5 Å². The van der Waals surface area contributed by atoms with E-state index in [1.54, 1.807) is 0 Å². The molecule has 0 bridgehead atoms. The number of hydrogen-bond donors (Lipinski definition) is 1. The monoisotopic (exact) mass is 447 g/mol. The van der Waals surface area contributed by atoms with Crippen LogP contribution in [-0.4, -0.2) is 15.5 Å². The number of carbonyl (C=O) groups excluding carboxylic acids is 1. The molecule has 0 radical (unpaired) electrons. The molecule has 5 heteroatoms. The van der Waals surface area contributed by atoms with Crippen molar-refractivity contribution in [1.29, 1.82) is 0 Å². The zero-order valence-corrected chi connectivity index (χ0v) is 17.8. The van der Waals surface area contributed by atoms with E-state index in [4.69, 9.17) is 4.98 Å². The van der Waals surface area contributed by atoms with E-state index in [0.29, 0.717) is 13.0 Å². The van der Waals surface area contributed by atoms with E-state index in [2.05, 4.69) is 44.0 Å². The molecule has 0 spiro atoms. The summed E-state index contributed by atoms with van der Waals surface area (Å²) in [5.41, 5.74) is 4.18. The Morgan fingerprint density at radius 1 is 0.966 bits per heavy atom. The number of hydrogen-bond acceptors (Lipinski definition) is 2. The normalized spacial score (nSPS) is 12.1. The van der Waals surface area contributed by atoms with Gasteiger partial charge in [-0.2, -0.15) is 0 Å². The molecule has 4 nitrogen and oxygen atoms in total. The van der Waals surface area contributed by atoms with E-state index in [1.165, 1.54) is 5.56 Å². The van der Waals surface area contributed by atoms with E-state index in [9.17, 15) is 4.79 Å². The summed E-state index contributed by atoms with van der Waals surface area (Å²) in [7, 11) is 0. The molecule has 0 aliphatic rings. The number of nitrogens with one attached hydrogen (secondary N) is 1. The van der Waals surface area contributed by atoms with Gasteiger partial charge in [-0.15, -0.1) is 0 Å². The van der Waals surface area contributed by atoms with Crippen LogP contribution in [0.2, 0.25) is 0 Å². The molecule has 4 rings (SSSR count). The molecule has 29 heavy (non-hydrogen) atoms. The highest BCUT2D eigenvalue weighted by Gasteiger charge is 2.18. The molecular weight excluding hydrogens is 426 g/mol. The minimum absolute atomic E-state index is 0.00838. The van der Waals surface area contributed by atoms with Crippen molar-refractivity contribution in [1.82, 2.24) is 14.9 Å². The first-order valence-corrected chi connectivity index (χ1v) is 10.4. The summed E-state index contributed by atoms with van der Waals surface area (Å²) in [6.45, 7) is 2.68. The molecule has 1 N–H and O–H groups in total. The van der Waals surface area contributed by atoms with Crippen LogP contribution in [0.25, 0.3) is 11.0 Å². The average Bonchev–Trinajstić information content (AvgIpc) is 3.09. The lowest BCUT2D eigenvalue weighted by molar-refractivity contribution is -0.121. The fraction of sp³-hybridized carbons (Fsp3) is 0.167. The molecule has 1 atom stereocenters. The molecule has 0 fully saturated rings. The third kappa shape index (κ3) is 4.57. The topological polar surface area (TPSA) is 46.9 Å². The van der Waals surface area contributed by atoms with Crippen LogP contribution in [-0.2, 0) is 17.8 Å². The van der Waals surface area contributed by atoms with Crippen molar-refractivity contribution in [2.45, 2.75) is 25.9 Å². The summed E-state index contributed by atoms with van der Waals surface area (Å²) in [4.78, 5) is 17.4. The van der Waals surface area contributed by atoms with Crippen molar-refractivity contribution < 1.29 is 4.79 Å². The van der Waals surface area contributed by atoms with Crippen LogP contribution in [0, 0.1) is 0 Å². The lowest BCUT2D eigenvalue weighted by atomic mass is 10.1. The van der Waals surface area contributed by atoms with Gasteiger partial charge in [0, 0.05) is 11.0 Å². The van der Waals surface area contributed by atoms with Gasteiger partial charge in [0.1, 0.15) is 5.82 Å². The highest BCUT2D eigenvalue weighted by Crippen LogP contribution is 2.23. The number of amides is 1. The second kappa shape index (κ2) is 8.62. The Morgan fingerprint density at radius 2 is 1.66 bits per heavy atom. The van der Waals surface area contributed by atoms with Crippen molar-refractivity contribution in [3.8, 4) is 0 Å². The first kappa shape index (κ1) is 19.4. The number of fused-ring (bicyclic) bond motifs is 1. The summed E-state index contributed by atoms with van der Waals surface area (Å²) < 4.78 is 3.24. The Kier molecular flexibility index (Phi) is 5.76. The maximum atomic E-state index is 12.6. The maximum absolute atomic E-state index is 12.6. The van der Waals surface area contributed by atoms with E-state index in [-0.39, 0.29) is 11.9 Å². The zero-order valence-electron chi connectivity index (χ0n) is 16.2. The number of benzene rings is 3. The molecule has 0 saturated heterocycles. The third-order valence-electron chi connectivity index (χ3n) is 4.91. The minimum atomic E-state index is -0.200. The molecular formula is C24H22BrN3O. The lowest BCUT2D eigenvalue weighted by Crippen LogP contribution is -2.30. The third-order valence-corrected chi connectivity index (χ3v) is 5.44. The second-order valence-corrected chi connectivity index (χ2v) is 8.04. The van der Waals surface area contributed by atoms with E-state index >= 15 is 0 Å². The molecule has 1 unspecified atom stereocenters. The van der Waals surface area contributed by atoms with Crippen LogP contribution in [0.4, 0.5) is 0 Å². The van der Waals surface area contributed by atoms with Gasteiger partial charge in [-0.1, -0.05) is 70.5 Å². The molecule has 146 valence electrons. The standard InChI is InChI=1S/C24H22BrN3O/c1-17(26-23(29)15-18-7-3-2-4-8-18)24-27-21-9-5-6-10-22(21)28(24)16-19-11-13-20(25)14-12-19/h2-14,17H,15-16H2,1H3,(H,26,29). The molecule has 1 heterocycles. The Balaban J connectivity index is 1.60. The van der Waals surface area contributed by atoms with Gasteiger partial charge in [-0.05, 0) is 42.3 Å². The second-order valence-electron chi connectivity index (χ2n) is 7.12. The number of nitrogens with zero attached hydrogens (tertiary/aromatic N) is 2. The molecule has 4 aromatic rings. The first-order valence-electron chi connectivity index (χ1n) is 9.63. The number of aromatic nitrogens is 2. The lowest BCUT2D eigenvalue weighted by Gasteiger charge is -2.17. The fourth-order valence-electron chi connectivity index (χ4n) is 3.50. The van der Waals surface area contributed by atoms with Crippen LogP contribution in [0.5, 0.6) is 0 Å². The van der Waals surface area contributed by atoms with Crippen LogP contribution < -0.4 is 5.32 Å². The molecule has 0 aliphatic carbocycles. The van der Waals surface area contributed by atoms with Gasteiger partial charge in [-0.25, -0.2) is 4.98 Å². The summed E-state index contributed by atoms with van der Waals surface area (Å²) in [5.74, 6) is 0.849. The predicted molar refractivity (Wildman–Crippen MR) is 120 cm³/mol. The van der Waals surface area contributed by atoms with Crippen molar-refractivity contribution in [2.24, 2.45) is 0 Å². The van der Waals surface area contributed by atoms with Gasteiger partial charge >= 0.3 is 0 Å². The highest BCUT2D eigenvalue weighted by molar-refractivity contribution is 9.10. The van der Waals surface area contributed by atoms with Crippen molar-refractivity contribution in [3.63, 3.8) is 0 Å². The minimum Gasteiger partial charge on any atom is -0.346 e. The van der Waals surface area contributed by atoms with Gasteiger partial charge in [-0.3, -0.25) is 4.79 Å². The van der Waals surface area contributed by atoms with Gasteiger partial charge in [0.2, 0.25) is 5.91 Å². The van der Waals surface area contributed by atoms with Crippen LogP contribution in [0.15, 0.2) is 83.3 Å². The smallest absolute Gasteiger partial charge is 0.224 e. The van der Waals surface area contributed by atoms with Crippen molar-refractivity contribution in [2.75, 3.05) is 0 Å². The summed E-state index contributed by atoms with van der Waals surface area (Å²) in [6, 6.07) is 25.9. The average molecular weight is 448 g/mol. The first-order chi connectivity index (χ1) is 14.1. The van der Waals surface area contributed by atoms with Crippen molar-refractivity contribution >= 4 is 32.9 Å².